The van der Waals surface area contributed by atoms with Gasteiger partial charge in [0.15, 0.2) is 0 Å². The molecular weight excluding hydrogens is 375 g/mol. The molecule has 0 spiro atoms. The topological polar surface area (TPSA) is 96.8 Å². The number of halogens is 2. The lowest BCUT2D eigenvalue weighted by Crippen LogP contribution is -2.31. The van der Waals surface area contributed by atoms with Crippen molar-refractivity contribution >= 4 is 17.5 Å². The molecule has 0 aliphatic heterocycles. The highest BCUT2D eigenvalue weighted by atomic mass is 35.5. The molecule has 1 aromatic heterocycles. The van der Waals surface area contributed by atoms with E-state index in [9.17, 15) is 18.8 Å². The molecule has 0 aliphatic carbocycles. The molecule has 0 radical (unpaired) electrons. The van der Waals surface area contributed by atoms with Gasteiger partial charge in [-0.05, 0) is 36.2 Å². The van der Waals surface area contributed by atoms with Crippen molar-refractivity contribution in [1.82, 2.24) is 20.1 Å². The first-order valence-corrected chi connectivity index (χ1v) is 8.33. The van der Waals surface area contributed by atoms with Crippen LogP contribution in [-0.2, 0) is 6.42 Å². The molecule has 0 saturated heterocycles. The van der Waals surface area contributed by atoms with Gasteiger partial charge in [-0.25, -0.2) is 9.18 Å². The molecule has 0 aliphatic rings. The summed E-state index contributed by atoms with van der Waals surface area (Å²) in [5, 5.41) is 6.58. The van der Waals surface area contributed by atoms with E-state index < -0.39 is 17.2 Å². The zero-order chi connectivity index (χ0) is 19.4. The Hall–Kier alpha value is -3.26. The van der Waals surface area contributed by atoms with Crippen molar-refractivity contribution in [3.8, 4) is 5.69 Å². The summed E-state index contributed by atoms with van der Waals surface area (Å²) in [6.07, 6.45) is 1.26. The Labute approximate surface area is 157 Å². The van der Waals surface area contributed by atoms with Gasteiger partial charge in [0.05, 0.1) is 16.3 Å². The predicted molar refractivity (Wildman–Crippen MR) is 97.9 cm³/mol. The van der Waals surface area contributed by atoms with Gasteiger partial charge in [-0.1, -0.05) is 29.8 Å². The SMILES string of the molecule is O=C(NCCc1ccccc1F)c1cc(-n2ncc(=O)[nH]c2=O)ccc1Cl. The third kappa shape index (κ3) is 4.29. The van der Waals surface area contributed by atoms with Crippen molar-refractivity contribution in [2.45, 2.75) is 6.42 Å². The monoisotopic (exact) mass is 388 g/mol. The van der Waals surface area contributed by atoms with E-state index in [0.29, 0.717) is 12.0 Å². The number of hydrogen-bond acceptors (Lipinski definition) is 4. The molecule has 0 unspecified atom stereocenters. The van der Waals surface area contributed by atoms with Crippen molar-refractivity contribution in [2.75, 3.05) is 6.54 Å². The maximum absolute atomic E-state index is 13.6. The highest BCUT2D eigenvalue weighted by molar-refractivity contribution is 6.33. The Morgan fingerprint density at radius 3 is 2.74 bits per heavy atom. The second kappa shape index (κ2) is 7.96. The van der Waals surface area contributed by atoms with Gasteiger partial charge in [0, 0.05) is 6.54 Å². The normalized spacial score (nSPS) is 10.6. The van der Waals surface area contributed by atoms with Gasteiger partial charge in [-0.2, -0.15) is 9.78 Å². The molecule has 7 nitrogen and oxygen atoms in total. The molecule has 3 rings (SSSR count). The van der Waals surface area contributed by atoms with Crippen LogP contribution in [0, 0.1) is 5.82 Å². The Morgan fingerprint density at radius 2 is 2.00 bits per heavy atom. The summed E-state index contributed by atoms with van der Waals surface area (Å²) >= 11 is 6.08. The van der Waals surface area contributed by atoms with Crippen molar-refractivity contribution in [2.24, 2.45) is 0 Å². The second-order valence-electron chi connectivity index (χ2n) is 5.61. The molecule has 0 saturated carbocycles. The first-order chi connectivity index (χ1) is 13.0. The molecule has 2 N–H and O–H groups in total. The Morgan fingerprint density at radius 1 is 1.22 bits per heavy atom. The van der Waals surface area contributed by atoms with E-state index in [2.05, 4.69) is 15.4 Å². The van der Waals surface area contributed by atoms with Crippen LogP contribution in [0.15, 0.2) is 58.3 Å². The minimum Gasteiger partial charge on any atom is -0.352 e. The quantitative estimate of drug-likeness (QED) is 0.695. The summed E-state index contributed by atoms with van der Waals surface area (Å²) in [5.41, 5.74) is -0.490. The highest BCUT2D eigenvalue weighted by Gasteiger charge is 2.13. The van der Waals surface area contributed by atoms with Gasteiger partial charge in [0.2, 0.25) is 0 Å². The number of aromatic amines is 1. The first-order valence-electron chi connectivity index (χ1n) is 7.96. The van der Waals surface area contributed by atoms with E-state index in [0.717, 1.165) is 10.9 Å². The molecule has 0 bridgehead atoms. The maximum atomic E-state index is 13.6. The van der Waals surface area contributed by atoms with Crippen LogP contribution >= 0.6 is 11.6 Å². The fourth-order valence-corrected chi connectivity index (χ4v) is 2.67. The molecular formula is C18H14ClFN4O3. The lowest BCUT2D eigenvalue weighted by molar-refractivity contribution is 0.0954. The summed E-state index contributed by atoms with van der Waals surface area (Å²) in [4.78, 5) is 37.4. The minimum absolute atomic E-state index is 0.127. The van der Waals surface area contributed by atoms with E-state index in [1.165, 1.54) is 24.3 Å². The molecule has 0 atom stereocenters. The minimum atomic E-state index is -0.740. The van der Waals surface area contributed by atoms with E-state index in [-0.39, 0.29) is 28.6 Å². The number of benzene rings is 2. The van der Waals surface area contributed by atoms with Crippen LogP contribution in [0.2, 0.25) is 5.02 Å². The van der Waals surface area contributed by atoms with Crippen LogP contribution in [0.25, 0.3) is 5.69 Å². The van der Waals surface area contributed by atoms with Crippen molar-refractivity contribution in [1.29, 1.82) is 0 Å². The number of H-pyrrole nitrogens is 1. The van der Waals surface area contributed by atoms with Gasteiger partial charge < -0.3 is 5.32 Å². The number of rotatable bonds is 5. The lowest BCUT2D eigenvalue weighted by Gasteiger charge is -2.10. The van der Waals surface area contributed by atoms with E-state index >= 15 is 0 Å². The second-order valence-corrected chi connectivity index (χ2v) is 6.02. The zero-order valence-corrected chi connectivity index (χ0v) is 14.7. The van der Waals surface area contributed by atoms with Gasteiger partial charge in [-0.3, -0.25) is 14.6 Å². The molecule has 1 amide bonds. The van der Waals surface area contributed by atoms with Gasteiger partial charge in [0.1, 0.15) is 12.0 Å². The fraction of sp³-hybridized carbons (Fsp3) is 0.111. The summed E-state index contributed by atoms with van der Waals surface area (Å²) in [5.74, 6) is -0.814. The smallest absolute Gasteiger partial charge is 0.349 e. The van der Waals surface area contributed by atoms with E-state index in [1.807, 2.05) is 0 Å². The summed E-state index contributed by atoms with van der Waals surface area (Å²) in [6.45, 7) is 0.206. The molecule has 9 heteroatoms. The third-order valence-corrected chi connectivity index (χ3v) is 4.12. The van der Waals surface area contributed by atoms with Crippen LogP contribution < -0.4 is 16.6 Å². The Bertz CT molecular complexity index is 1110. The number of nitrogens with one attached hydrogen (secondary N) is 2. The number of carbonyl (C=O) groups excluding carboxylic acids is 1. The van der Waals surface area contributed by atoms with Crippen molar-refractivity contribution in [3.05, 3.63) is 91.5 Å². The molecule has 3 aromatic rings. The number of carbonyl (C=O) groups is 1. The Kier molecular flexibility index (Phi) is 5.46. The highest BCUT2D eigenvalue weighted by Crippen LogP contribution is 2.19. The molecule has 1 heterocycles. The van der Waals surface area contributed by atoms with Crippen LogP contribution in [0.1, 0.15) is 15.9 Å². The Balaban J connectivity index is 1.77. The standard InChI is InChI=1S/C18H14ClFN4O3/c19-14-6-5-12(24-18(27)23-16(25)10-22-24)9-13(14)17(26)21-8-7-11-3-1-2-4-15(11)20/h1-6,9-10H,7-8H2,(H,21,26)(H,23,25,27). The van der Waals surface area contributed by atoms with Gasteiger partial charge in [-0.15, -0.1) is 0 Å². The number of hydrogen-bond donors (Lipinski definition) is 2. The zero-order valence-electron chi connectivity index (χ0n) is 13.9. The number of aromatic nitrogens is 3. The lowest BCUT2D eigenvalue weighted by atomic mass is 10.1. The van der Waals surface area contributed by atoms with Crippen molar-refractivity contribution in [3.63, 3.8) is 0 Å². The average Bonchev–Trinajstić information content (AvgIpc) is 2.64. The van der Waals surface area contributed by atoms with Crippen LogP contribution in [0.5, 0.6) is 0 Å². The third-order valence-electron chi connectivity index (χ3n) is 3.79. The van der Waals surface area contributed by atoms with Crippen LogP contribution in [-0.4, -0.2) is 27.2 Å². The summed E-state index contributed by atoms with van der Waals surface area (Å²) in [6, 6.07) is 10.6. The number of nitrogens with zero attached hydrogens (tertiary/aromatic N) is 2. The fourth-order valence-electron chi connectivity index (χ4n) is 2.46. The number of amides is 1. The maximum Gasteiger partial charge on any atom is 0.349 e. The predicted octanol–water partition coefficient (Wildman–Crippen LogP) is 1.69. The van der Waals surface area contributed by atoms with Crippen LogP contribution in [0.4, 0.5) is 4.39 Å². The molecule has 0 fully saturated rings. The van der Waals surface area contributed by atoms with Crippen molar-refractivity contribution < 1.29 is 9.18 Å². The molecule has 27 heavy (non-hydrogen) atoms. The van der Waals surface area contributed by atoms with Gasteiger partial charge in [0.25, 0.3) is 11.5 Å². The largest absolute Gasteiger partial charge is 0.352 e. The molecule has 138 valence electrons. The first kappa shape index (κ1) is 18.5. The molecule has 2 aromatic carbocycles. The van der Waals surface area contributed by atoms with Crippen LogP contribution in [0.3, 0.4) is 0 Å². The van der Waals surface area contributed by atoms with E-state index in [1.54, 1.807) is 18.2 Å². The van der Waals surface area contributed by atoms with E-state index in [4.69, 9.17) is 11.6 Å². The van der Waals surface area contributed by atoms with Gasteiger partial charge >= 0.3 is 5.69 Å². The average molecular weight is 389 g/mol. The summed E-state index contributed by atoms with van der Waals surface area (Å²) < 4.78 is 14.5. The summed E-state index contributed by atoms with van der Waals surface area (Å²) in [7, 11) is 0.